The maximum Gasteiger partial charge on any atom is 0.459 e. The Morgan fingerprint density at radius 2 is 1.54 bits per heavy atom. The number of nitrogens with one attached hydrogen (secondary N) is 1. The highest BCUT2D eigenvalue weighted by Gasteiger charge is 2.62. The van der Waals surface area contributed by atoms with Gasteiger partial charge in [-0.25, -0.2) is 12.8 Å². The van der Waals surface area contributed by atoms with Crippen molar-refractivity contribution in [3.05, 3.63) is 95.9 Å². The van der Waals surface area contributed by atoms with Crippen LogP contribution in [0.5, 0.6) is 5.75 Å². The van der Waals surface area contributed by atoms with Crippen LogP contribution < -0.4 is 9.46 Å². The molecule has 3 aromatic carbocycles. The molecule has 6 nitrogen and oxygen atoms in total. The first-order valence-corrected chi connectivity index (χ1v) is 12.8. The fourth-order valence-electron chi connectivity index (χ4n) is 3.91. The van der Waals surface area contributed by atoms with Crippen molar-refractivity contribution in [2.75, 3.05) is 11.8 Å². The SMILES string of the molecule is COc1ccc(-c2c(NS(=O)(=O)c3ccccc3)nn(CCc3ccccc3)c2C(F)(F)C(F)(F)F)cc1F. The Labute approximate surface area is 219 Å². The number of aryl methyl sites for hydroxylation is 2. The molecule has 13 heteroatoms. The van der Waals surface area contributed by atoms with Crippen molar-refractivity contribution >= 4 is 15.8 Å². The highest BCUT2D eigenvalue weighted by Crippen LogP contribution is 2.49. The lowest BCUT2D eigenvalue weighted by Crippen LogP contribution is -2.36. The second kappa shape index (κ2) is 10.6. The molecule has 1 heterocycles. The lowest BCUT2D eigenvalue weighted by atomic mass is 10.0. The maximum atomic E-state index is 15.1. The normalized spacial score (nSPS) is 12.4. The zero-order chi connectivity index (χ0) is 28.4. The quantitative estimate of drug-likeness (QED) is 0.237. The first-order valence-electron chi connectivity index (χ1n) is 11.4. The minimum absolute atomic E-state index is 0.00918. The van der Waals surface area contributed by atoms with Gasteiger partial charge in [-0.1, -0.05) is 54.6 Å². The number of nitrogens with zero attached hydrogens (tertiary/aromatic N) is 2. The molecule has 0 aliphatic heterocycles. The van der Waals surface area contributed by atoms with Crippen molar-refractivity contribution < 1.29 is 39.5 Å². The summed E-state index contributed by atoms with van der Waals surface area (Å²) in [5, 5.41) is 3.86. The van der Waals surface area contributed by atoms with Gasteiger partial charge in [0.25, 0.3) is 10.0 Å². The fourth-order valence-corrected chi connectivity index (χ4v) is 4.94. The highest BCUT2D eigenvalue weighted by atomic mass is 32.2. The molecule has 206 valence electrons. The Bertz CT molecular complexity index is 1560. The van der Waals surface area contributed by atoms with Crippen LogP contribution in [-0.4, -0.2) is 31.5 Å². The molecule has 0 bridgehead atoms. The van der Waals surface area contributed by atoms with Crippen molar-refractivity contribution in [2.24, 2.45) is 0 Å². The van der Waals surface area contributed by atoms with Gasteiger partial charge in [-0.3, -0.25) is 9.40 Å². The molecule has 0 fully saturated rings. The second-order valence-corrected chi connectivity index (χ2v) is 10.1. The van der Waals surface area contributed by atoms with Crippen LogP contribution in [0.3, 0.4) is 0 Å². The van der Waals surface area contributed by atoms with Gasteiger partial charge >= 0.3 is 12.1 Å². The third-order valence-electron chi connectivity index (χ3n) is 5.79. The minimum Gasteiger partial charge on any atom is -0.494 e. The average molecular weight is 570 g/mol. The molecule has 4 aromatic rings. The van der Waals surface area contributed by atoms with Crippen LogP contribution in [0.1, 0.15) is 11.3 Å². The number of rotatable bonds is 9. The number of sulfonamides is 1. The molecule has 0 unspecified atom stereocenters. The Kier molecular flexibility index (Phi) is 7.64. The number of anilines is 1. The largest absolute Gasteiger partial charge is 0.494 e. The van der Waals surface area contributed by atoms with Gasteiger partial charge in [0, 0.05) is 6.54 Å². The second-order valence-electron chi connectivity index (χ2n) is 8.37. The summed E-state index contributed by atoms with van der Waals surface area (Å²) in [6.45, 7) is -0.469. The Balaban J connectivity index is 1.96. The van der Waals surface area contributed by atoms with Crippen LogP contribution in [0, 0.1) is 5.82 Å². The molecule has 0 spiro atoms. The van der Waals surface area contributed by atoms with E-state index in [9.17, 15) is 26.0 Å². The smallest absolute Gasteiger partial charge is 0.459 e. The van der Waals surface area contributed by atoms with Gasteiger partial charge in [0.1, 0.15) is 5.69 Å². The van der Waals surface area contributed by atoms with Crippen molar-refractivity contribution in [2.45, 2.75) is 30.0 Å². The summed E-state index contributed by atoms with van der Waals surface area (Å²) in [4.78, 5) is -0.292. The molecule has 1 aromatic heterocycles. The van der Waals surface area contributed by atoms with Crippen LogP contribution in [-0.2, 0) is 28.9 Å². The van der Waals surface area contributed by atoms with Gasteiger partial charge < -0.3 is 4.74 Å². The monoisotopic (exact) mass is 569 g/mol. The van der Waals surface area contributed by atoms with Gasteiger partial charge in [0.15, 0.2) is 17.4 Å². The summed E-state index contributed by atoms with van der Waals surface area (Å²) in [5.74, 6) is -7.68. The van der Waals surface area contributed by atoms with E-state index in [4.69, 9.17) is 4.74 Å². The molecular formula is C26H21F6N3O3S. The molecule has 1 N–H and O–H groups in total. The molecule has 0 atom stereocenters. The van der Waals surface area contributed by atoms with E-state index in [-0.39, 0.29) is 17.1 Å². The summed E-state index contributed by atoms with van der Waals surface area (Å²) in [7, 11) is -3.35. The number of halogens is 6. The predicted molar refractivity (Wildman–Crippen MR) is 132 cm³/mol. The average Bonchev–Trinajstić information content (AvgIpc) is 3.25. The van der Waals surface area contributed by atoms with E-state index in [0.717, 1.165) is 19.2 Å². The van der Waals surface area contributed by atoms with Crippen LogP contribution in [0.25, 0.3) is 11.1 Å². The van der Waals surface area contributed by atoms with E-state index < -0.39 is 57.1 Å². The van der Waals surface area contributed by atoms with Crippen molar-refractivity contribution in [3.63, 3.8) is 0 Å². The summed E-state index contributed by atoms with van der Waals surface area (Å²) in [6.07, 6.45) is -6.09. The first-order chi connectivity index (χ1) is 18.3. The van der Waals surface area contributed by atoms with E-state index in [0.29, 0.717) is 16.3 Å². The Hall–Kier alpha value is -4.00. The van der Waals surface area contributed by atoms with E-state index in [1.807, 2.05) is 4.72 Å². The third-order valence-corrected chi connectivity index (χ3v) is 7.14. The molecule has 39 heavy (non-hydrogen) atoms. The molecule has 0 aliphatic carbocycles. The third kappa shape index (κ3) is 5.72. The molecule has 0 saturated carbocycles. The molecular weight excluding hydrogens is 548 g/mol. The predicted octanol–water partition coefficient (Wildman–Crippen LogP) is 6.40. The van der Waals surface area contributed by atoms with Crippen LogP contribution >= 0.6 is 0 Å². The van der Waals surface area contributed by atoms with E-state index in [1.54, 1.807) is 30.3 Å². The summed E-state index contributed by atoms with van der Waals surface area (Å²) in [5.41, 5.74) is -2.42. The standard InChI is InChI=1S/C26H21F6N3O3S/c1-38-21-13-12-18(16-20(21)27)22-23(25(28,29)26(30,31)32)35(15-14-17-8-4-2-5-9-17)33-24(22)34-39(36,37)19-10-6-3-7-11-19/h2-13,16H,14-15H2,1H3,(H,33,34). The molecule has 4 rings (SSSR count). The maximum absolute atomic E-state index is 15.1. The van der Waals surface area contributed by atoms with Crippen LogP contribution in [0.15, 0.2) is 83.8 Å². The van der Waals surface area contributed by atoms with Crippen molar-refractivity contribution in [3.8, 4) is 16.9 Å². The van der Waals surface area contributed by atoms with E-state index in [1.165, 1.54) is 30.3 Å². The summed E-state index contributed by atoms with van der Waals surface area (Å²) in [6, 6.07) is 17.8. The van der Waals surface area contributed by atoms with Gasteiger partial charge in [-0.15, -0.1) is 0 Å². The van der Waals surface area contributed by atoms with E-state index in [2.05, 4.69) is 5.10 Å². The minimum atomic E-state index is -6.08. The van der Waals surface area contributed by atoms with Crippen LogP contribution in [0.2, 0.25) is 0 Å². The number of benzene rings is 3. The van der Waals surface area contributed by atoms with Crippen LogP contribution in [0.4, 0.5) is 32.2 Å². The van der Waals surface area contributed by atoms with Gasteiger partial charge in [0.05, 0.1) is 17.6 Å². The Morgan fingerprint density at radius 1 is 0.923 bits per heavy atom. The number of ether oxygens (including phenoxy) is 1. The molecule has 0 aliphatic rings. The van der Waals surface area contributed by atoms with Gasteiger partial charge in [0.2, 0.25) is 0 Å². The summed E-state index contributed by atoms with van der Waals surface area (Å²) >= 11 is 0. The van der Waals surface area contributed by atoms with Gasteiger partial charge in [-0.2, -0.15) is 27.1 Å². The molecule has 0 amide bonds. The van der Waals surface area contributed by atoms with Crippen molar-refractivity contribution in [1.29, 1.82) is 0 Å². The number of aromatic nitrogens is 2. The topological polar surface area (TPSA) is 73.2 Å². The first kappa shape index (κ1) is 28.0. The number of methoxy groups -OCH3 is 1. The lowest BCUT2D eigenvalue weighted by Gasteiger charge is -2.22. The fraction of sp³-hybridized carbons (Fsp3) is 0.192. The van der Waals surface area contributed by atoms with Crippen molar-refractivity contribution in [1.82, 2.24) is 9.78 Å². The number of hydrogen-bond acceptors (Lipinski definition) is 4. The number of hydrogen-bond donors (Lipinski definition) is 1. The lowest BCUT2D eigenvalue weighted by molar-refractivity contribution is -0.291. The van der Waals surface area contributed by atoms with E-state index >= 15 is 8.78 Å². The molecule has 0 saturated heterocycles. The number of alkyl halides is 5. The zero-order valence-electron chi connectivity index (χ0n) is 20.2. The van der Waals surface area contributed by atoms with Gasteiger partial charge in [-0.05, 0) is 41.8 Å². The zero-order valence-corrected chi connectivity index (χ0v) is 21.0. The summed E-state index contributed by atoms with van der Waals surface area (Å²) < 4.78 is 119. The Morgan fingerprint density at radius 3 is 2.10 bits per heavy atom. The molecule has 0 radical (unpaired) electrons. The highest BCUT2D eigenvalue weighted by molar-refractivity contribution is 7.92.